The van der Waals surface area contributed by atoms with E-state index < -0.39 is 27.7 Å². The molecule has 1 amide bonds. The molecule has 164 valence electrons. The lowest BCUT2D eigenvalue weighted by Crippen LogP contribution is -2.42. The Morgan fingerprint density at radius 2 is 1.97 bits per heavy atom. The molecule has 0 atom stereocenters. The fourth-order valence-electron chi connectivity index (χ4n) is 3.20. The van der Waals surface area contributed by atoms with E-state index in [0.717, 1.165) is 17.6 Å². The summed E-state index contributed by atoms with van der Waals surface area (Å²) in [5.41, 5.74) is 4.07. The number of carbonyl (C=O) groups is 1. The number of thiophene rings is 1. The van der Waals surface area contributed by atoms with Gasteiger partial charge in [-0.1, -0.05) is 0 Å². The van der Waals surface area contributed by atoms with E-state index in [1.54, 1.807) is 6.92 Å². The number of amides is 1. The van der Waals surface area contributed by atoms with Gasteiger partial charge in [-0.3, -0.25) is 4.79 Å². The number of halogens is 3. The zero-order valence-electron chi connectivity index (χ0n) is 16.2. The number of hydrogen-bond donors (Lipinski definition) is 2. The van der Waals surface area contributed by atoms with Crippen LogP contribution in [0.4, 0.5) is 19.1 Å². The molecule has 3 heterocycles. The summed E-state index contributed by atoms with van der Waals surface area (Å²) in [6, 6.07) is 1.12. The van der Waals surface area contributed by atoms with Crippen LogP contribution in [-0.2, 0) is 16.2 Å². The van der Waals surface area contributed by atoms with Crippen molar-refractivity contribution in [3.8, 4) is 10.6 Å². The van der Waals surface area contributed by atoms with Crippen LogP contribution in [0.25, 0.3) is 10.6 Å². The van der Waals surface area contributed by atoms with Crippen molar-refractivity contribution in [1.29, 1.82) is 0 Å². The Labute approximate surface area is 175 Å². The van der Waals surface area contributed by atoms with Crippen molar-refractivity contribution in [2.75, 3.05) is 24.7 Å². The van der Waals surface area contributed by atoms with Gasteiger partial charge >= 0.3 is 6.18 Å². The van der Waals surface area contributed by atoms with E-state index in [2.05, 4.69) is 15.3 Å². The number of anilines is 1. The number of nitrogens with zero attached hydrogens (tertiary/aromatic N) is 3. The van der Waals surface area contributed by atoms with Gasteiger partial charge in [-0.2, -0.15) is 13.2 Å². The smallest absolute Gasteiger partial charge is 0.366 e. The molecule has 0 aromatic carbocycles. The predicted molar refractivity (Wildman–Crippen MR) is 107 cm³/mol. The highest BCUT2D eigenvalue weighted by atomic mass is 32.2. The Bertz CT molecular complexity index is 1060. The van der Waals surface area contributed by atoms with Crippen LogP contribution in [0.2, 0.25) is 0 Å². The fraction of sp³-hybridized carbons (Fsp3) is 0.471. The topological polar surface area (TPSA) is 118 Å². The third-order valence-electron chi connectivity index (χ3n) is 4.77. The van der Waals surface area contributed by atoms with E-state index in [4.69, 9.17) is 5.73 Å². The second-order valence-electron chi connectivity index (χ2n) is 6.98. The summed E-state index contributed by atoms with van der Waals surface area (Å²) in [7, 11) is -3.28. The highest BCUT2D eigenvalue weighted by Gasteiger charge is 2.36. The first-order valence-corrected chi connectivity index (χ1v) is 11.6. The van der Waals surface area contributed by atoms with Crippen molar-refractivity contribution in [3.63, 3.8) is 0 Å². The highest BCUT2D eigenvalue weighted by molar-refractivity contribution is 7.88. The van der Waals surface area contributed by atoms with E-state index in [-0.39, 0.29) is 28.1 Å². The van der Waals surface area contributed by atoms with Crippen molar-refractivity contribution in [1.82, 2.24) is 14.3 Å². The minimum absolute atomic E-state index is 0.00230. The average Bonchev–Trinajstić information content (AvgIpc) is 3.02. The molecule has 1 saturated heterocycles. The number of carbonyl (C=O) groups excluding carboxylic acids is 1. The predicted octanol–water partition coefficient (Wildman–Crippen LogP) is 2.47. The highest BCUT2D eigenvalue weighted by Crippen LogP contribution is 2.39. The third-order valence-corrected chi connectivity index (χ3v) is 7.13. The molecular weight excluding hydrogens is 443 g/mol. The first kappa shape index (κ1) is 22.4. The number of sulfonamides is 1. The lowest BCUT2D eigenvalue weighted by atomic mass is 10.1. The lowest BCUT2D eigenvalue weighted by molar-refractivity contribution is -0.137. The maximum Gasteiger partial charge on any atom is 0.420 e. The first-order valence-electron chi connectivity index (χ1n) is 8.92. The summed E-state index contributed by atoms with van der Waals surface area (Å²) in [5, 5.41) is 2.99. The van der Waals surface area contributed by atoms with Gasteiger partial charge in [0.1, 0.15) is 5.56 Å². The molecule has 2 aromatic rings. The number of hydrogen-bond acceptors (Lipinski definition) is 7. The van der Waals surface area contributed by atoms with Gasteiger partial charge in [-0.05, 0) is 25.8 Å². The first-order chi connectivity index (χ1) is 13.9. The van der Waals surface area contributed by atoms with Crippen molar-refractivity contribution in [2.24, 2.45) is 5.73 Å². The Balaban J connectivity index is 1.89. The number of primary amides is 1. The zero-order chi connectivity index (χ0) is 22.3. The molecule has 30 heavy (non-hydrogen) atoms. The Hall–Kier alpha value is -2.25. The molecule has 0 unspecified atom stereocenters. The fourth-order valence-corrected chi connectivity index (χ4v) is 5.11. The van der Waals surface area contributed by atoms with Crippen LogP contribution >= 0.6 is 11.3 Å². The van der Waals surface area contributed by atoms with Gasteiger partial charge in [0.05, 0.1) is 22.4 Å². The van der Waals surface area contributed by atoms with Gasteiger partial charge in [-0.25, -0.2) is 22.7 Å². The van der Waals surface area contributed by atoms with E-state index in [0.29, 0.717) is 37.0 Å². The number of aryl methyl sites for hydroxylation is 1. The summed E-state index contributed by atoms with van der Waals surface area (Å²) in [4.78, 5) is 20.0. The second kappa shape index (κ2) is 8.12. The zero-order valence-corrected chi connectivity index (χ0v) is 17.8. The number of piperidine rings is 1. The molecule has 0 aliphatic carbocycles. The van der Waals surface area contributed by atoms with Crippen LogP contribution in [-0.4, -0.2) is 54.0 Å². The van der Waals surface area contributed by atoms with E-state index in [1.165, 1.54) is 10.4 Å². The lowest BCUT2D eigenvalue weighted by Gasteiger charge is -2.30. The van der Waals surface area contributed by atoms with Crippen molar-refractivity contribution >= 4 is 33.2 Å². The molecule has 1 aliphatic heterocycles. The van der Waals surface area contributed by atoms with E-state index >= 15 is 0 Å². The maximum absolute atomic E-state index is 13.5. The monoisotopic (exact) mass is 463 g/mol. The van der Waals surface area contributed by atoms with Crippen LogP contribution in [0.5, 0.6) is 0 Å². The molecule has 1 aliphatic rings. The van der Waals surface area contributed by atoms with Crippen molar-refractivity contribution in [3.05, 3.63) is 28.3 Å². The van der Waals surface area contributed by atoms with Gasteiger partial charge in [0, 0.05) is 30.2 Å². The molecule has 0 spiro atoms. The van der Waals surface area contributed by atoms with E-state index in [9.17, 15) is 26.4 Å². The largest absolute Gasteiger partial charge is 0.420 e. The van der Waals surface area contributed by atoms with Gasteiger partial charge in [0.25, 0.3) is 0 Å². The molecule has 3 rings (SSSR count). The Morgan fingerprint density at radius 3 is 2.47 bits per heavy atom. The molecule has 13 heteroatoms. The van der Waals surface area contributed by atoms with Crippen LogP contribution in [0.3, 0.4) is 0 Å². The molecule has 1 fully saturated rings. The van der Waals surface area contributed by atoms with Crippen LogP contribution in [0.15, 0.2) is 12.3 Å². The van der Waals surface area contributed by atoms with Crippen LogP contribution in [0, 0.1) is 6.92 Å². The van der Waals surface area contributed by atoms with Gasteiger partial charge < -0.3 is 11.1 Å². The molecule has 8 nitrogen and oxygen atoms in total. The van der Waals surface area contributed by atoms with Gasteiger partial charge in [0.2, 0.25) is 21.9 Å². The van der Waals surface area contributed by atoms with Crippen LogP contribution in [0.1, 0.15) is 33.6 Å². The summed E-state index contributed by atoms with van der Waals surface area (Å²) in [6.07, 6.45) is -1.91. The Morgan fingerprint density at radius 1 is 1.33 bits per heavy atom. The SMILES string of the molecule is Cc1sc(-c2nc(NC3CCN(S(C)(=O)=O)CC3)ncc2C(F)(F)F)cc1C(N)=O. The number of nitrogens with two attached hydrogens (primary N) is 1. The van der Waals surface area contributed by atoms with Crippen molar-refractivity contribution in [2.45, 2.75) is 32.0 Å². The van der Waals surface area contributed by atoms with Gasteiger partial charge in [0.15, 0.2) is 0 Å². The van der Waals surface area contributed by atoms with Gasteiger partial charge in [-0.15, -0.1) is 11.3 Å². The number of rotatable bonds is 5. The normalized spacial score (nSPS) is 16.6. The maximum atomic E-state index is 13.5. The molecular formula is C17H20F3N5O3S2. The number of aromatic nitrogens is 2. The summed E-state index contributed by atoms with van der Waals surface area (Å²) in [6.45, 7) is 2.20. The Kier molecular flexibility index (Phi) is 6.07. The average molecular weight is 464 g/mol. The van der Waals surface area contributed by atoms with E-state index in [1.807, 2.05) is 0 Å². The molecule has 3 N–H and O–H groups in total. The second-order valence-corrected chi connectivity index (χ2v) is 10.2. The van der Waals surface area contributed by atoms with Crippen molar-refractivity contribution < 1.29 is 26.4 Å². The molecule has 2 aromatic heterocycles. The molecule has 0 saturated carbocycles. The summed E-state index contributed by atoms with van der Waals surface area (Å²) < 4.78 is 65.0. The van der Waals surface area contributed by atoms with Crippen LogP contribution < -0.4 is 11.1 Å². The minimum atomic E-state index is -4.68. The standard InChI is InChI=1S/C17H20F3N5O3S2/c1-9-11(15(21)26)7-13(29-9)14-12(17(18,19)20)8-22-16(24-14)23-10-3-5-25(6-4-10)30(2,27)28/h7-8,10H,3-6H2,1-2H3,(H2,21,26)(H,22,23,24). The number of alkyl halides is 3. The summed E-state index contributed by atoms with van der Waals surface area (Å²) in [5.74, 6) is -0.726. The quantitative estimate of drug-likeness (QED) is 0.703. The summed E-state index contributed by atoms with van der Waals surface area (Å²) >= 11 is 0.992. The molecule has 0 radical (unpaired) electrons. The number of nitrogens with one attached hydrogen (secondary N) is 1. The molecule has 0 bridgehead atoms. The third kappa shape index (κ3) is 4.90. The minimum Gasteiger partial charge on any atom is -0.366 e.